The zero-order valence-electron chi connectivity index (χ0n) is 14.0. The van der Waals surface area contributed by atoms with E-state index in [1.807, 2.05) is 29.2 Å². The summed E-state index contributed by atoms with van der Waals surface area (Å²) >= 11 is 0. The maximum absolute atomic E-state index is 14.0. The molecule has 4 nitrogen and oxygen atoms in total. The first-order chi connectivity index (χ1) is 12.2. The molecule has 1 heterocycles. The van der Waals surface area contributed by atoms with Gasteiger partial charge in [-0.1, -0.05) is 48.5 Å². The fourth-order valence-corrected chi connectivity index (χ4v) is 3.41. The maximum atomic E-state index is 14.0. The van der Waals surface area contributed by atoms with Gasteiger partial charge >= 0.3 is 0 Å². The lowest BCUT2D eigenvalue weighted by atomic mass is 10.0. The molecule has 25 heavy (non-hydrogen) atoms. The second kappa shape index (κ2) is 6.94. The van der Waals surface area contributed by atoms with Crippen molar-refractivity contribution >= 4 is 5.91 Å². The molecule has 2 aromatic carbocycles. The Morgan fingerprint density at radius 1 is 1.04 bits per heavy atom. The minimum atomic E-state index is -0.280. The summed E-state index contributed by atoms with van der Waals surface area (Å²) in [5, 5.41) is 0. The van der Waals surface area contributed by atoms with Crippen LogP contribution in [0, 0.1) is 5.82 Å². The van der Waals surface area contributed by atoms with Crippen LogP contribution in [0.15, 0.2) is 54.6 Å². The second-order valence-electron chi connectivity index (χ2n) is 6.83. The molecule has 1 saturated heterocycles. The van der Waals surface area contributed by atoms with Crippen LogP contribution in [0.1, 0.15) is 36.4 Å². The molecule has 1 aliphatic heterocycles. The lowest BCUT2D eigenvalue weighted by Crippen LogP contribution is -2.46. The largest absolute Gasteiger partial charge is 0.334 e. The van der Waals surface area contributed by atoms with Gasteiger partial charge in [0, 0.05) is 24.2 Å². The van der Waals surface area contributed by atoms with E-state index >= 15 is 0 Å². The van der Waals surface area contributed by atoms with E-state index in [-0.39, 0.29) is 29.8 Å². The number of halogens is 1. The molecular weight excluding hydrogens is 317 g/mol. The molecular formula is C20H22FN3O. The van der Waals surface area contributed by atoms with Crippen molar-refractivity contribution in [3.8, 4) is 0 Å². The van der Waals surface area contributed by atoms with Crippen molar-refractivity contribution in [1.29, 1.82) is 0 Å². The number of carbonyl (C=O) groups is 1. The standard InChI is InChI=1S/C20H22FN3O/c21-17-9-5-4-8-15(17)13-24(16-10-11-16)20(25)19-12-18(22-23-19)14-6-2-1-3-7-14/h1-9,16,18-19,22-23H,10-13H2. The van der Waals surface area contributed by atoms with E-state index in [1.54, 1.807) is 12.1 Å². The van der Waals surface area contributed by atoms with Crippen molar-refractivity contribution in [2.75, 3.05) is 0 Å². The average Bonchev–Trinajstić information content (AvgIpc) is 3.36. The van der Waals surface area contributed by atoms with Crippen LogP contribution in [-0.2, 0) is 11.3 Å². The summed E-state index contributed by atoms with van der Waals surface area (Å²) in [6.45, 7) is 0.338. The van der Waals surface area contributed by atoms with Gasteiger partial charge in [0.1, 0.15) is 11.9 Å². The first-order valence-electron chi connectivity index (χ1n) is 8.82. The van der Waals surface area contributed by atoms with Gasteiger partial charge in [0.25, 0.3) is 0 Å². The van der Waals surface area contributed by atoms with Gasteiger partial charge in [-0.05, 0) is 30.9 Å². The van der Waals surface area contributed by atoms with Crippen LogP contribution >= 0.6 is 0 Å². The highest BCUT2D eigenvalue weighted by Crippen LogP contribution is 2.31. The van der Waals surface area contributed by atoms with E-state index in [1.165, 1.54) is 6.07 Å². The molecule has 0 spiro atoms. The molecule has 2 atom stereocenters. The number of amides is 1. The fourth-order valence-electron chi connectivity index (χ4n) is 3.41. The van der Waals surface area contributed by atoms with Gasteiger partial charge in [0.2, 0.25) is 5.91 Å². The number of hydrogen-bond donors (Lipinski definition) is 2. The van der Waals surface area contributed by atoms with Gasteiger partial charge in [-0.3, -0.25) is 4.79 Å². The minimum Gasteiger partial charge on any atom is -0.334 e. The molecule has 130 valence electrons. The Hall–Kier alpha value is -2.24. The van der Waals surface area contributed by atoms with E-state index in [0.29, 0.717) is 18.5 Å². The van der Waals surface area contributed by atoms with Crippen molar-refractivity contribution in [3.05, 3.63) is 71.5 Å². The topological polar surface area (TPSA) is 44.4 Å². The van der Waals surface area contributed by atoms with Gasteiger partial charge in [0.15, 0.2) is 0 Å². The number of carbonyl (C=O) groups excluding carboxylic acids is 1. The van der Waals surface area contributed by atoms with Crippen molar-refractivity contribution in [2.24, 2.45) is 0 Å². The molecule has 1 saturated carbocycles. The molecule has 1 amide bonds. The van der Waals surface area contributed by atoms with Crippen molar-refractivity contribution in [2.45, 2.75) is 43.9 Å². The molecule has 2 unspecified atom stereocenters. The van der Waals surface area contributed by atoms with E-state index in [4.69, 9.17) is 0 Å². The van der Waals surface area contributed by atoms with Crippen LogP contribution in [-0.4, -0.2) is 22.9 Å². The van der Waals surface area contributed by atoms with Crippen LogP contribution in [0.2, 0.25) is 0 Å². The first-order valence-corrected chi connectivity index (χ1v) is 8.82. The summed E-state index contributed by atoms with van der Waals surface area (Å²) in [7, 11) is 0. The molecule has 2 aromatic rings. The Labute approximate surface area is 147 Å². The normalized spacial score (nSPS) is 22.8. The number of nitrogens with one attached hydrogen (secondary N) is 2. The van der Waals surface area contributed by atoms with Gasteiger partial charge < -0.3 is 4.90 Å². The van der Waals surface area contributed by atoms with Crippen molar-refractivity contribution in [1.82, 2.24) is 15.8 Å². The summed E-state index contributed by atoms with van der Waals surface area (Å²) < 4.78 is 14.0. The van der Waals surface area contributed by atoms with Gasteiger partial charge in [-0.25, -0.2) is 15.2 Å². The molecule has 4 rings (SSSR count). The summed E-state index contributed by atoms with van der Waals surface area (Å²) in [4.78, 5) is 14.9. The monoisotopic (exact) mass is 339 g/mol. The summed E-state index contributed by atoms with van der Waals surface area (Å²) in [6, 6.07) is 16.9. The number of nitrogens with zero attached hydrogens (tertiary/aromatic N) is 1. The lowest BCUT2D eigenvalue weighted by Gasteiger charge is -2.25. The van der Waals surface area contributed by atoms with Gasteiger partial charge in [0.05, 0.1) is 0 Å². The van der Waals surface area contributed by atoms with Crippen LogP contribution in [0.3, 0.4) is 0 Å². The molecule has 0 aromatic heterocycles. The third-order valence-electron chi connectivity index (χ3n) is 4.97. The SMILES string of the molecule is O=C(C1CC(c2ccccc2)NN1)N(Cc1ccccc1F)C1CC1. The molecule has 2 aliphatic rings. The molecule has 2 fully saturated rings. The van der Waals surface area contributed by atoms with E-state index < -0.39 is 0 Å². The van der Waals surface area contributed by atoms with Crippen LogP contribution in [0.5, 0.6) is 0 Å². The molecule has 1 aliphatic carbocycles. The van der Waals surface area contributed by atoms with Crippen LogP contribution < -0.4 is 10.9 Å². The number of hydrogen-bond acceptors (Lipinski definition) is 3. The highest BCUT2D eigenvalue weighted by atomic mass is 19.1. The van der Waals surface area contributed by atoms with E-state index in [0.717, 1.165) is 18.4 Å². The zero-order chi connectivity index (χ0) is 17.2. The zero-order valence-corrected chi connectivity index (χ0v) is 14.0. The van der Waals surface area contributed by atoms with Gasteiger partial charge in [-0.15, -0.1) is 0 Å². The molecule has 5 heteroatoms. The Kier molecular flexibility index (Phi) is 4.51. The number of rotatable bonds is 5. The average molecular weight is 339 g/mol. The molecule has 0 bridgehead atoms. The summed E-state index contributed by atoms with van der Waals surface area (Å²) in [5.41, 5.74) is 8.10. The quantitative estimate of drug-likeness (QED) is 0.880. The highest BCUT2D eigenvalue weighted by Gasteiger charge is 2.39. The maximum Gasteiger partial charge on any atom is 0.241 e. The van der Waals surface area contributed by atoms with Crippen LogP contribution in [0.25, 0.3) is 0 Å². The number of hydrazine groups is 1. The minimum absolute atomic E-state index is 0.0525. The van der Waals surface area contributed by atoms with E-state index in [2.05, 4.69) is 23.0 Å². The summed E-state index contributed by atoms with van der Waals surface area (Å²) in [6.07, 6.45) is 2.70. The van der Waals surface area contributed by atoms with Crippen molar-refractivity contribution in [3.63, 3.8) is 0 Å². The third-order valence-corrected chi connectivity index (χ3v) is 4.97. The van der Waals surface area contributed by atoms with Crippen molar-refractivity contribution < 1.29 is 9.18 Å². The van der Waals surface area contributed by atoms with Gasteiger partial charge in [-0.2, -0.15) is 0 Å². The predicted octanol–water partition coefficient (Wildman–Crippen LogP) is 2.92. The number of benzene rings is 2. The Morgan fingerprint density at radius 2 is 1.76 bits per heavy atom. The first kappa shape index (κ1) is 16.2. The second-order valence-corrected chi connectivity index (χ2v) is 6.83. The van der Waals surface area contributed by atoms with Crippen LogP contribution in [0.4, 0.5) is 4.39 Å². The highest BCUT2D eigenvalue weighted by molar-refractivity contribution is 5.83. The Morgan fingerprint density at radius 3 is 2.48 bits per heavy atom. The predicted molar refractivity (Wildman–Crippen MR) is 93.8 cm³/mol. The molecule has 0 radical (unpaired) electrons. The van der Waals surface area contributed by atoms with E-state index in [9.17, 15) is 9.18 Å². The third kappa shape index (κ3) is 3.57. The Balaban J connectivity index is 1.46. The smallest absolute Gasteiger partial charge is 0.241 e. The lowest BCUT2D eigenvalue weighted by molar-refractivity contribution is -0.134. The Bertz CT molecular complexity index is 748. The fraction of sp³-hybridized carbons (Fsp3) is 0.350. The molecule has 2 N–H and O–H groups in total. The summed E-state index contributed by atoms with van der Waals surface area (Å²) in [5.74, 6) is -0.197.